The second-order valence-electron chi connectivity index (χ2n) is 8.90. The Hall–Kier alpha value is -3.45. The third-order valence-electron chi connectivity index (χ3n) is 6.55. The van der Waals surface area contributed by atoms with Gasteiger partial charge in [-0.05, 0) is 49.4 Å². The zero-order valence-electron chi connectivity index (χ0n) is 18.1. The van der Waals surface area contributed by atoms with E-state index in [1.165, 1.54) is 9.25 Å². The summed E-state index contributed by atoms with van der Waals surface area (Å²) in [4.78, 5) is 26.0. The molecule has 170 valence electrons. The quantitative estimate of drug-likeness (QED) is 0.565. The number of aromatic nitrogens is 3. The molecule has 3 aromatic rings. The Morgan fingerprint density at radius 1 is 1.24 bits per heavy atom. The van der Waals surface area contributed by atoms with Crippen molar-refractivity contribution >= 4 is 26.6 Å². The Kier molecular flexibility index (Phi) is 4.90. The van der Waals surface area contributed by atoms with Gasteiger partial charge in [0, 0.05) is 31.7 Å². The number of benzene rings is 1. The lowest BCUT2D eigenvalue weighted by Gasteiger charge is -2.17. The van der Waals surface area contributed by atoms with Gasteiger partial charge in [0.15, 0.2) is 15.5 Å². The molecule has 2 aromatic heterocycles. The number of rotatable bonds is 7. The minimum absolute atomic E-state index is 0.131. The lowest BCUT2D eigenvalue weighted by Crippen LogP contribution is -2.35. The van der Waals surface area contributed by atoms with E-state index in [9.17, 15) is 18.0 Å². The number of pyridine rings is 1. The molecule has 1 aromatic carbocycles. The van der Waals surface area contributed by atoms with Gasteiger partial charge in [-0.1, -0.05) is 12.1 Å². The number of fused-ring (bicyclic) bond motifs is 1. The maximum absolute atomic E-state index is 13.2. The number of carbonyl (C=O) groups is 1. The number of nitrogens with one attached hydrogen (secondary N) is 1. The molecule has 2 aliphatic carbocycles. The van der Waals surface area contributed by atoms with Crippen molar-refractivity contribution in [2.45, 2.75) is 48.8 Å². The van der Waals surface area contributed by atoms with Gasteiger partial charge in [0.25, 0.3) is 11.5 Å². The van der Waals surface area contributed by atoms with Gasteiger partial charge in [0.2, 0.25) is 0 Å². The molecular formula is C23H23N5O4S. The van der Waals surface area contributed by atoms with Crippen molar-refractivity contribution in [1.29, 1.82) is 5.26 Å². The van der Waals surface area contributed by atoms with Crippen molar-refractivity contribution in [2.24, 2.45) is 7.05 Å². The van der Waals surface area contributed by atoms with E-state index in [0.717, 1.165) is 5.56 Å². The molecule has 0 atom stereocenters. The summed E-state index contributed by atoms with van der Waals surface area (Å²) in [5.74, 6) is -0.419. The van der Waals surface area contributed by atoms with Crippen LogP contribution < -0.4 is 10.9 Å². The van der Waals surface area contributed by atoms with Crippen LogP contribution in [0, 0.1) is 11.3 Å². The van der Waals surface area contributed by atoms with Crippen LogP contribution in [0.2, 0.25) is 0 Å². The molecule has 0 spiro atoms. The third-order valence-corrected chi connectivity index (χ3v) is 9.65. The molecule has 2 saturated carbocycles. The van der Waals surface area contributed by atoms with Crippen molar-refractivity contribution in [3.05, 3.63) is 63.7 Å². The van der Waals surface area contributed by atoms with E-state index in [0.29, 0.717) is 36.6 Å². The fourth-order valence-corrected chi connectivity index (χ4v) is 6.74. The fourth-order valence-electron chi connectivity index (χ4n) is 4.29. The first-order valence-corrected chi connectivity index (χ1v) is 12.4. The maximum Gasteiger partial charge on any atom is 0.276 e. The second kappa shape index (κ2) is 7.56. The highest BCUT2D eigenvalue weighted by Gasteiger charge is 2.59. The normalized spacial score (nSPS) is 17.0. The molecule has 33 heavy (non-hydrogen) atoms. The summed E-state index contributed by atoms with van der Waals surface area (Å²) in [7, 11) is -1.65. The first-order valence-electron chi connectivity index (χ1n) is 10.8. The first kappa shape index (κ1) is 21.4. The number of carbonyl (C=O) groups excluding carboxylic acids is 1. The SMILES string of the molecule is Cn1nc(C(=O)NCc2ccc(C#N)cc2)c2ccn(CC3(S(=O)(=O)C4CC4)CC3)c(=O)c21. The molecule has 0 unspecified atom stereocenters. The predicted octanol–water partition coefficient (Wildman–Crippen LogP) is 1.65. The van der Waals surface area contributed by atoms with Crippen LogP contribution in [-0.2, 0) is 30.0 Å². The summed E-state index contributed by atoms with van der Waals surface area (Å²) >= 11 is 0. The standard InChI is InChI=1S/C23H23N5O4S/c1-27-20-18(19(26-27)21(29)25-13-16-4-2-15(12-24)3-5-16)8-11-28(22(20)30)14-23(9-10-23)33(31,32)17-6-7-17/h2-5,8,11,17H,6-7,9-10,13-14H2,1H3,(H,25,29). The predicted molar refractivity (Wildman–Crippen MR) is 121 cm³/mol. The van der Waals surface area contributed by atoms with Crippen LogP contribution >= 0.6 is 0 Å². The smallest absolute Gasteiger partial charge is 0.276 e. The van der Waals surface area contributed by atoms with E-state index in [1.54, 1.807) is 43.6 Å². The summed E-state index contributed by atoms with van der Waals surface area (Å²) in [5, 5.41) is 16.1. The number of sulfone groups is 1. The minimum Gasteiger partial charge on any atom is -0.347 e. The van der Waals surface area contributed by atoms with Crippen molar-refractivity contribution in [2.75, 3.05) is 0 Å². The average molecular weight is 466 g/mol. The summed E-state index contributed by atoms with van der Waals surface area (Å²) in [6, 6.07) is 10.6. The first-order chi connectivity index (χ1) is 15.8. The van der Waals surface area contributed by atoms with Crippen molar-refractivity contribution < 1.29 is 13.2 Å². The lowest BCUT2D eigenvalue weighted by atomic mass is 10.1. The summed E-state index contributed by atoms with van der Waals surface area (Å²) in [6.07, 6.45) is 4.13. The van der Waals surface area contributed by atoms with Gasteiger partial charge in [-0.25, -0.2) is 8.42 Å². The molecule has 1 N–H and O–H groups in total. The molecule has 1 amide bonds. The highest BCUT2D eigenvalue weighted by atomic mass is 32.2. The van der Waals surface area contributed by atoms with Gasteiger partial charge in [0.1, 0.15) is 5.52 Å². The van der Waals surface area contributed by atoms with Gasteiger partial charge in [-0.3, -0.25) is 14.3 Å². The van der Waals surface area contributed by atoms with Crippen molar-refractivity contribution in [3.8, 4) is 6.07 Å². The van der Waals surface area contributed by atoms with E-state index in [1.807, 2.05) is 6.07 Å². The average Bonchev–Trinajstić information content (AvgIpc) is 3.72. The Bertz CT molecular complexity index is 1470. The van der Waals surface area contributed by atoms with Gasteiger partial charge >= 0.3 is 0 Å². The number of aryl methyl sites for hydroxylation is 1. The van der Waals surface area contributed by atoms with Crippen LogP contribution in [0.1, 0.15) is 47.3 Å². The molecule has 9 nitrogen and oxygen atoms in total. The maximum atomic E-state index is 13.2. The number of nitrogens with zero attached hydrogens (tertiary/aromatic N) is 4. The number of nitriles is 1. The van der Waals surface area contributed by atoms with E-state index in [2.05, 4.69) is 10.4 Å². The molecule has 0 bridgehead atoms. The zero-order valence-corrected chi connectivity index (χ0v) is 18.9. The van der Waals surface area contributed by atoms with E-state index in [-0.39, 0.29) is 35.1 Å². The number of amides is 1. The molecule has 0 aliphatic heterocycles. The monoisotopic (exact) mass is 465 g/mol. The van der Waals surface area contributed by atoms with Crippen LogP contribution in [0.25, 0.3) is 10.9 Å². The van der Waals surface area contributed by atoms with E-state index < -0.39 is 20.5 Å². The number of hydrogen-bond acceptors (Lipinski definition) is 6. The molecular weight excluding hydrogens is 442 g/mol. The molecule has 10 heteroatoms. The summed E-state index contributed by atoms with van der Waals surface area (Å²) in [6.45, 7) is 0.382. The Labute approximate surface area is 190 Å². The van der Waals surface area contributed by atoms with Crippen LogP contribution in [0.15, 0.2) is 41.3 Å². The molecule has 2 fully saturated rings. The molecule has 0 radical (unpaired) electrons. The second-order valence-corrected chi connectivity index (χ2v) is 11.5. The Morgan fingerprint density at radius 2 is 1.94 bits per heavy atom. The molecule has 0 saturated heterocycles. The topological polar surface area (TPSA) is 127 Å². The molecule has 2 aliphatic rings. The van der Waals surface area contributed by atoms with Gasteiger partial charge < -0.3 is 9.88 Å². The van der Waals surface area contributed by atoms with Crippen LogP contribution in [-0.4, -0.2) is 38.7 Å². The molecule has 5 rings (SSSR count). The fraction of sp³-hybridized carbons (Fsp3) is 0.391. The lowest BCUT2D eigenvalue weighted by molar-refractivity contribution is 0.0946. The zero-order chi connectivity index (χ0) is 23.4. The summed E-state index contributed by atoms with van der Waals surface area (Å²) < 4.78 is 27.7. The summed E-state index contributed by atoms with van der Waals surface area (Å²) in [5.41, 5.74) is 1.41. The van der Waals surface area contributed by atoms with Crippen LogP contribution in [0.5, 0.6) is 0 Å². The van der Waals surface area contributed by atoms with Crippen LogP contribution in [0.3, 0.4) is 0 Å². The highest BCUT2D eigenvalue weighted by Crippen LogP contribution is 2.51. The minimum atomic E-state index is -3.24. The van der Waals surface area contributed by atoms with Crippen LogP contribution in [0.4, 0.5) is 0 Å². The largest absolute Gasteiger partial charge is 0.347 e. The van der Waals surface area contributed by atoms with E-state index in [4.69, 9.17) is 5.26 Å². The van der Waals surface area contributed by atoms with Gasteiger partial charge in [-0.15, -0.1) is 0 Å². The molecule has 2 heterocycles. The Morgan fingerprint density at radius 3 is 2.55 bits per heavy atom. The van der Waals surface area contributed by atoms with Crippen molar-refractivity contribution in [1.82, 2.24) is 19.7 Å². The highest BCUT2D eigenvalue weighted by molar-refractivity contribution is 7.94. The van der Waals surface area contributed by atoms with E-state index >= 15 is 0 Å². The van der Waals surface area contributed by atoms with Gasteiger partial charge in [-0.2, -0.15) is 10.4 Å². The third kappa shape index (κ3) is 3.62. The number of hydrogen-bond donors (Lipinski definition) is 1. The Balaban J connectivity index is 1.39. The van der Waals surface area contributed by atoms with Gasteiger partial charge in [0.05, 0.1) is 21.6 Å². The van der Waals surface area contributed by atoms with Crippen molar-refractivity contribution in [3.63, 3.8) is 0 Å².